The fraction of sp³-hybridized carbons (Fsp3) is 0.294. The summed E-state index contributed by atoms with van der Waals surface area (Å²) in [7, 11) is 0. The number of allylic oxidation sites excluding steroid dienone is 1. The Hall–Kier alpha value is -3.92. The normalized spacial score (nSPS) is 19.9. The molecule has 3 heterocycles. The van der Waals surface area contributed by atoms with Gasteiger partial charge in [0.05, 0.1) is 11.9 Å². The SMILES string of the molecule is C=CC1c2ccccc2N2c3nc(-c4c(C(C)C)cccc4C(C)C)cnc3N(c3ccccc3)C2C1C. The Morgan fingerprint density at radius 2 is 1.45 bits per heavy atom. The maximum absolute atomic E-state index is 5.45. The van der Waals surface area contributed by atoms with Crippen LogP contribution in [0.2, 0.25) is 0 Å². The van der Waals surface area contributed by atoms with Gasteiger partial charge in [0.1, 0.15) is 6.17 Å². The molecule has 4 nitrogen and oxygen atoms in total. The lowest BCUT2D eigenvalue weighted by atomic mass is 9.80. The van der Waals surface area contributed by atoms with Gasteiger partial charge in [0.15, 0.2) is 11.6 Å². The van der Waals surface area contributed by atoms with Gasteiger partial charge in [0.2, 0.25) is 0 Å². The molecule has 0 saturated heterocycles. The van der Waals surface area contributed by atoms with Crippen LogP contribution in [0.3, 0.4) is 0 Å². The van der Waals surface area contributed by atoms with Crippen molar-refractivity contribution < 1.29 is 0 Å². The number of rotatable bonds is 5. The molecule has 0 saturated carbocycles. The topological polar surface area (TPSA) is 32.3 Å². The second kappa shape index (κ2) is 9.43. The largest absolute Gasteiger partial charge is 0.302 e. The molecule has 0 N–H and O–H groups in total. The molecule has 0 fully saturated rings. The number of nitrogens with zero attached hydrogens (tertiary/aromatic N) is 4. The van der Waals surface area contributed by atoms with Crippen LogP contribution >= 0.6 is 0 Å². The Morgan fingerprint density at radius 1 is 0.789 bits per heavy atom. The first kappa shape index (κ1) is 24.4. The molecule has 0 bridgehead atoms. The fourth-order valence-corrected chi connectivity index (χ4v) is 6.43. The molecule has 0 radical (unpaired) electrons. The van der Waals surface area contributed by atoms with E-state index in [1.807, 2.05) is 6.20 Å². The third-order valence-electron chi connectivity index (χ3n) is 8.23. The molecular formula is C34H36N4. The van der Waals surface area contributed by atoms with E-state index in [0.29, 0.717) is 11.8 Å². The van der Waals surface area contributed by atoms with Crippen LogP contribution in [0.25, 0.3) is 11.3 Å². The summed E-state index contributed by atoms with van der Waals surface area (Å²) in [5.74, 6) is 3.11. The van der Waals surface area contributed by atoms with Crippen molar-refractivity contribution in [3.63, 3.8) is 0 Å². The Kier molecular flexibility index (Phi) is 6.06. The lowest BCUT2D eigenvalue weighted by Crippen LogP contribution is -2.48. The molecule has 4 aromatic rings. The summed E-state index contributed by atoms with van der Waals surface area (Å²) < 4.78 is 0. The summed E-state index contributed by atoms with van der Waals surface area (Å²) in [6.45, 7) is 15.6. The summed E-state index contributed by atoms with van der Waals surface area (Å²) in [4.78, 5) is 15.4. The molecule has 2 aliphatic heterocycles. The van der Waals surface area contributed by atoms with Crippen molar-refractivity contribution in [3.8, 4) is 11.3 Å². The molecule has 2 aliphatic rings. The minimum atomic E-state index is 0.0467. The molecule has 38 heavy (non-hydrogen) atoms. The minimum absolute atomic E-state index is 0.0467. The first-order valence-electron chi connectivity index (χ1n) is 13.8. The molecule has 0 spiro atoms. The molecule has 6 rings (SSSR count). The van der Waals surface area contributed by atoms with E-state index in [-0.39, 0.29) is 18.0 Å². The summed E-state index contributed by atoms with van der Waals surface area (Å²) in [5.41, 5.74) is 8.42. The second-order valence-corrected chi connectivity index (χ2v) is 11.2. The van der Waals surface area contributed by atoms with Gasteiger partial charge in [-0.2, -0.15) is 0 Å². The predicted octanol–water partition coefficient (Wildman–Crippen LogP) is 8.93. The van der Waals surface area contributed by atoms with E-state index in [1.54, 1.807) is 0 Å². The third kappa shape index (κ3) is 3.65. The van der Waals surface area contributed by atoms with Crippen molar-refractivity contribution in [2.75, 3.05) is 9.80 Å². The van der Waals surface area contributed by atoms with Gasteiger partial charge in [-0.25, -0.2) is 9.97 Å². The van der Waals surface area contributed by atoms with E-state index in [0.717, 1.165) is 23.0 Å². The van der Waals surface area contributed by atoms with Crippen molar-refractivity contribution in [2.24, 2.45) is 5.92 Å². The zero-order chi connectivity index (χ0) is 26.6. The van der Waals surface area contributed by atoms with E-state index in [2.05, 4.69) is 130 Å². The number of benzene rings is 3. The highest BCUT2D eigenvalue weighted by Crippen LogP contribution is 2.55. The molecule has 3 atom stereocenters. The monoisotopic (exact) mass is 500 g/mol. The maximum Gasteiger partial charge on any atom is 0.179 e. The third-order valence-corrected chi connectivity index (χ3v) is 8.23. The van der Waals surface area contributed by atoms with Crippen molar-refractivity contribution in [1.82, 2.24) is 9.97 Å². The molecule has 1 aromatic heterocycles. The highest BCUT2D eigenvalue weighted by Gasteiger charge is 2.49. The van der Waals surface area contributed by atoms with Crippen molar-refractivity contribution in [2.45, 2.75) is 58.5 Å². The van der Waals surface area contributed by atoms with Crippen LogP contribution < -0.4 is 9.80 Å². The van der Waals surface area contributed by atoms with E-state index in [4.69, 9.17) is 9.97 Å². The smallest absolute Gasteiger partial charge is 0.179 e. The molecule has 0 amide bonds. The minimum Gasteiger partial charge on any atom is -0.302 e. The number of para-hydroxylation sites is 2. The lowest BCUT2D eigenvalue weighted by Gasteiger charge is -2.44. The predicted molar refractivity (Wildman–Crippen MR) is 159 cm³/mol. The van der Waals surface area contributed by atoms with Crippen LogP contribution in [0.4, 0.5) is 23.0 Å². The van der Waals surface area contributed by atoms with Crippen molar-refractivity contribution in [3.05, 3.63) is 108 Å². The highest BCUT2D eigenvalue weighted by atomic mass is 15.5. The van der Waals surface area contributed by atoms with Gasteiger partial charge >= 0.3 is 0 Å². The second-order valence-electron chi connectivity index (χ2n) is 11.2. The van der Waals surface area contributed by atoms with E-state index in [9.17, 15) is 0 Å². The average molecular weight is 501 g/mol. The number of fused-ring (bicyclic) bond motifs is 5. The van der Waals surface area contributed by atoms with Gasteiger partial charge in [0.25, 0.3) is 0 Å². The van der Waals surface area contributed by atoms with Gasteiger partial charge in [0, 0.05) is 28.8 Å². The average Bonchev–Trinajstić information content (AvgIpc) is 3.28. The van der Waals surface area contributed by atoms with Crippen molar-refractivity contribution in [1.29, 1.82) is 0 Å². The molecule has 3 aromatic carbocycles. The van der Waals surface area contributed by atoms with Gasteiger partial charge in [-0.05, 0) is 46.7 Å². The maximum atomic E-state index is 5.45. The van der Waals surface area contributed by atoms with Gasteiger partial charge in [-0.15, -0.1) is 6.58 Å². The van der Waals surface area contributed by atoms with Crippen LogP contribution in [0, 0.1) is 5.92 Å². The van der Waals surface area contributed by atoms with Crippen LogP contribution in [0.1, 0.15) is 69.1 Å². The van der Waals surface area contributed by atoms with Crippen LogP contribution in [0.15, 0.2) is 91.6 Å². The fourth-order valence-electron chi connectivity index (χ4n) is 6.43. The summed E-state index contributed by atoms with van der Waals surface area (Å²) >= 11 is 0. The van der Waals surface area contributed by atoms with E-state index >= 15 is 0 Å². The van der Waals surface area contributed by atoms with Crippen LogP contribution in [-0.4, -0.2) is 16.1 Å². The zero-order valence-electron chi connectivity index (χ0n) is 23.0. The molecule has 192 valence electrons. The van der Waals surface area contributed by atoms with E-state index < -0.39 is 0 Å². The number of hydrogen-bond donors (Lipinski definition) is 0. The standard InChI is InChI=1S/C34H36N4/c1-7-25-23(6)34-37(24-14-9-8-10-15-24)32-33(38(34)30-19-12-11-16-28(25)30)36-29(20-35-32)31-26(21(2)3)17-13-18-27(31)22(4)5/h7-23,25,34H,1H2,2-6H3. The zero-order valence-corrected chi connectivity index (χ0v) is 23.0. The summed E-state index contributed by atoms with van der Waals surface area (Å²) in [6.07, 6.45) is 4.14. The molecular weight excluding hydrogens is 464 g/mol. The van der Waals surface area contributed by atoms with Gasteiger partial charge in [-0.1, -0.05) is 95.3 Å². The number of aromatic nitrogens is 2. The Balaban J connectivity index is 1.63. The van der Waals surface area contributed by atoms with Gasteiger partial charge < -0.3 is 9.80 Å². The highest BCUT2D eigenvalue weighted by molar-refractivity contribution is 5.87. The Morgan fingerprint density at radius 3 is 2.11 bits per heavy atom. The first-order chi connectivity index (χ1) is 18.4. The quantitative estimate of drug-likeness (QED) is 0.256. The van der Waals surface area contributed by atoms with Gasteiger partial charge in [-0.3, -0.25) is 0 Å². The van der Waals surface area contributed by atoms with E-state index in [1.165, 1.54) is 27.9 Å². The lowest BCUT2D eigenvalue weighted by molar-refractivity contribution is 0.408. The summed E-state index contributed by atoms with van der Waals surface area (Å²) in [5, 5.41) is 0. The first-order valence-corrected chi connectivity index (χ1v) is 13.8. The molecule has 0 aliphatic carbocycles. The number of anilines is 4. The molecule has 3 unspecified atom stereocenters. The Labute approximate surface area is 226 Å². The van der Waals surface area contributed by atoms with Crippen LogP contribution in [-0.2, 0) is 0 Å². The van der Waals surface area contributed by atoms with Crippen LogP contribution in [0.5, 0.6) is 0 Å². The summed E-state index contributed by atoms with van der Waals surface area (Å²) in [6, 6.07) is 26.0. The van der Waals surface area contributed by atoms with Crippen molar-refractivity contribution >= 4 is 23.0 Å². The number of hydrogen-bond acceptors (Lipinski definition) is 4. The molecule has 4 heteroatoms. The Bertz CT molecular complexity index is 1460.